The van der Waals surface area contributed by atoms with Crippen LogP contribution in [0.15, 0.2) is 42.5 Å². The number of nitrogens with one attached hydrogen (secondary N) is 1. The number of ether oxygens (including phenoxy) is 3. The molecule has 6 nitrogen and oxygen atoms in total. The summed E-state index contributed by atoms with van der Waals surface area (Å²) in [5.41, 5.74) is 1.66. The highest BCUT2D eigenvalue weighted by molar-refractivity contribution is 5.95. The van der Waals surface area contributed by atoms with E-state index < -0.39 is 0 Å². The summed E-state index contributed by atoms with van der Waals surface area (Å²) in [4.78, 5) is 15.2. The molecular formula is C22H28N2O4. The van der Waals surface area contributed by atoms with E-state index in [2.05, 4.69) is 16.3 Å². The minimum absolute atomic E-state index is 0.106. The summed E-state index contributed by atoms with van der Waals surface area (Å²) in [5, 5.41) is 3.08. The highest BCUT2D eigenvalue weighted by Gasteiger charge is 2.24. The average molecular weight is 384 g/mol. The highest BCUT2D eigenvalue weighted by atomic mass is 16.5. The van der Waals surface area contributed by atoms with E-state index in [0.29, 0.717) is 23.6 Å². The van der Waals surface area contributed by atoms with Crippen molar-refractivity contribution >= 4 is 5.91 Å². The molecule has 2 aromatic carbocycles. The van der Waals surface area contributed by atoms with Gasteiger partial charge in [-0.1, -0.05) is 12.1 Å². The average Bonchev–Trinajstić information content (AvgIpc) is 3.28. The van der Waals surface area contributed by atoms with Crippen molar-refractivity contribution in [1.29, 1.82) is 0 Å². The smallest absolute Gasteiger partial charge is 0.251 e. The van der Waals surface area contributed by atoms with Crippen LogP contribution in [0.5, 0.6) is 17.2 Å². The Morgan fingerprint density at radius 1 is 0.964 bits per heavy atom. The van der Waals surface area contributed by atoms with Crippen LogP contribution in [0.25, 0.3) is 0 Å². The minimum Gasteiger partial charge on any atom is -0.497 e. The van der Waals surface area contributed by atoms with E-state index in [-0.39, 0.29) is 11.9 Å². The number of hydrogen-bond acceptors (Lipinski definition) is 5. The number of carbonyl (C=O) groups is 1. The number of benzene rings is 2. The predicted octanol–water partition coefficient (Wildman–Crippen LogP) is 3.28. The zero-order valence-electron chi connectivity index (χ0n) is 16.7. The molecule has 0 bridgehead atoms. The van der Waals surface area contributed by atoms with Crippen molar-refractivity contribution in [2.45, 2.75) is 18.9 Å². The van der Waals surface area contributed by atoms with Crippen molar-refractivity contribution in [1.82, 2.24) is 10.2 Å². The first-order valence-corrected chi connectivity index (χ1v) is 9.54. The highest BCUT2D eigenvalue weighted by Crippen LogP contribution is 2.27. The molecule has 28 heavy (non-hydrogen) atoms. The first-order chi connectivity index (χ1) is 13.6. The Hall–Kier alpha value is -2.73. The van der Waals surface area contributed by atoms with Crippen molar-refractivity contribution in [2.75, 3.05) is 41.0 Å². The molecule has 0 radical (unpaired) electrons. The van der Waals surface area contributed by atoms with Crippen LogP contribution in [-0.4, -0.2) is 51.8 Å². The van der Waals surface area contributed by atoms with Crippen LogP contribution in [0.2, 0.25) is 0 Å². The second kappa shape index (κ2) is 9.46. The van der Waals surface area contributed by atoms with E-state index in [1.807, 2.05) is 18.2 Å². The van der Waals surface area contributed by atoms with Gasteiger partial charge in [-0.05, 0) is 55.8 Å². The molecule has 0 aliphatic carbocycles. The number of hydrogen-bond donors (Lipinski definition) is 1. The maximum atomic E-state index is 12.8. The summed E-state index contributed by atoms with van der Waals surface area (Å²) in [7, 11) is 4.81. The monoisotopic (exact) mass is 384 g/mol. The molecule has 1 amide bonds. The molecule has 1 heterocycles. The molecule has 3 rings (SSSR count). The Kier molecular flexibility index (Phi) is 6.76. The molecule has 1 atom stereocenters. The SMILES string of the molecule is COc1cc(OC)cc(C(=O)NC[C@H](c2cccc(OC)c2)N2CCCC2)c1. The van der Waals surface area contributed by atoms with E-state index in [0.717, 1.165) is 24.4 Å². The van der Waals surface area contributed by atoms with Gasteiger partial charge in [0, 0.05) is 18.2 Å². The Morgan fingerprint density at radius 2 is 1.61 bits per heavy atom. The number of carbonyl (C=O) groups excluding carboxylic acids is 1. The molecule has 0 saturated carbocycles. The Bertz CT molecular complexity index is 781. The summed E-state index contributed by atoms with van der Waals surface area (Å²) in [5.74, 6) is 1.86. The molecule has 6 heteroatoms. The van der Waals surface area contributed by atoms with Gasteiger partial charge in [-0.2, -0.15) is 0 Å². The fraction of sp³-hybridized carbons (Fsp3) is 0.409. The first kappa shape index (κ1) is 20.0. The molecule has 2 aromatic rings. The molecule has 1 aliphatic rings. The fourth-order valence-corrected chi connectivity index (χ4v) is 3.59. The van der Waals surface area contributed by atoms with Crippen LogP contribution in [-0.2, 0) is 0 Å². The van der Waals surface area contributed by atoms with Crippen LogP contribution in [0.3, 0.4) is 0 Å². The van der Waals surface area contributed by atoms with E-state index >= 15 is 0 Å². The van der Waals surface area contributed by atoms with E-state index in [9.17, 15) is 4.79 Å². The topological polar surface area (TPSA) is 60.0 Å². The van der Waals surface area contributed by atoms with Gasteiger partial charge in [-0.3, -0.25) is 9.69 Å². The molecule has 0 unspecified atom stereocenters. The van der Waals surface area contributed by atoms with Crippen LogP contribution < -0.4 is 19.5 Å². The quantitative estimate of drug-likeness (QED) is 0.757. The lowest BCUT2D eigenvalue weighted by molar-refractivity contribution is 0.0937. The number of rotatable bonds is 8. The molecular weight excluding hydrogens is 356 g/mol. The van der Waals surface area contributed by atoms with Crippen molar-refractivity contribution in [3.8, 4) is 17.2 Å². The lowest BCUT2D eigenvalue weighted by Crippen LogP contribution is -2.36. The Morgan fingerprint density at radius 3 is 2.21 bits per heavy atom. The summed E-state index contributed by atoms with van der Waals surface area (Å²) < 4.78 is 15.9. The number of likely N-dealkylation sites (tertiary alicyclic amines) is 1. The second-order valence-electron chi connectivity index (χ2n) is 6.85. The third-order valence-corrected chi connectivity index (χ3v) is 5.13. The van der Waals surface area contributed by atoms with E-state index in [1.165, 1.54) is 12.8 Å². The normalized spacial score (nSPS) is 15.1. The zero-order valence-corrected chi connectivity index (χ0v) is 16.7. The van der Waals surface area contributed by atoms with Gasteiger partial charge in [0.25, 0.3) is 5.91 Å². The van der Waals surface area contributed by atoms with Gasteiger partial charge in [0.2, 0.25) is 0 Å². The third-order valence-electron chi connectivity index (χ3n) is 5.13. The number of methoxy groups -OCH3 is 3. The Labute approximate surface area is 166 Å². The van der Waals surface area contributed by atoms with Gasteiger partial charge < -0.3 is 19.5 Å². The Balaban J connectivity index is 1.77. The molecule has 1 fully saturated rings. The molecule has 1 saturated heterocycles. The molecule has 1 N–H and O–H groups in total. The van der Waals surface area contributed by atoms with Crippen molar-refractivity contribution in [3.05, 3.63) is 53.6 Å². The predicted molar refractivity (Wildman–Crippen MR) is 108 cm³/mol. The maximum Gasteiger partial charge on any atom is 0.251 e. The number of amides is 1. The second-order valence-corrected chi connectivity index (χ2v) is 6.85. The molecule has 0 aromatic heterocycles. The summed E-state index contributed by atoms with van der Waals surface area (Å²) >= 11 is 0. The van der Waals surface area contributed by atoms with E-state index in [4.69, 9.17) is 14.2 Å². The lowest BCUT2D eigenvalue weighted by atomic mass is 10.0. The standard InChI is InChI=1S/C22H28N2O4/c1-26-18-8-6-7-16(11-18)21(24-9-4-5-10-24)15-23-22(25)17-12-19(27-2)14-20(13-17)28-3/h6-8,11-14,21H,4-5,9-10,15H2,1-3H3,(H,23,25)/t21-/m1/s1. The van der Waals surface area contributed by atoms with Gasteiger partial charge in [0.15, 0.2) is 0 Å². The van der Waals surface area contributed by atoms with Crippen LogP contribution in [0.4, 0.5) is 0 Å². The van der Waals surface area contributed by atoms with Crippen LogP contribution in [0, 0.1) is 0 Å². The molecule has 150 valence electrons. The van der Waals surface area contributed by atoms with Gasteiger partial charge >= 0.3 is 0 Å². The summed E-state index contributed by atoms with van der Waals surface area (Å²) in [6.07, 6.45) is 2.36. The van der Waals surface area contributed by atoms with Crippen LogP contribution in [0.1, 0.15) is 34.8 Å². The van der Waals surface area contributed by atoms with Crippen molar-refractivity contribution in [2.24, 2.45) is 0 Å². The summed E-state index contributed by atoms with van der Waals surface area (Å²) in [6, 6.07) is 13.4. The summed E-state index contributed by atoms with van der Waals surface area (Å²) in [6.45, 7) is 2.58. The van der Waals surface area contributed by atoms with Gasteiger partial charge in [0.05, 0.1) is 27.4 Å². The zero-order chi connectivity index (χ0) is 19.9. The maximum absolute atomic E-state index is 12.8. The fourth-order valence-electron chi connectivity index (χ4n) is 3.59. The van der Waals surface area contributed by atoms with Gasteiger partial charge in [-0.25, -0.2) is 0 Å². The largest absolute Gasteiger partial charge is 0.497 e. The van der Waals surface area contributed by atoms with Gasteiger partial charge in [0.1, 0.15) is 17.2 Å². The molecule has 1 aliphatic heterocycles. The van der Waals surface area contributed by atoms with Gasteiger partial charge in [-0.15, -0.1) is 0 Å². The van der Waals surface area contributed by atoms with Crippen LogP contribution >= 0.6 is 0 Å². The van der Waals surface area contributed by atoms with E-state index in [1.54, 1.807) is 39.5 Å². The molecule has 0 spiro atoms. The minimum atomic E-state index is -0.149. The van der Waals surface area contributed by atoms with Crippen molar-refractivity contribution in [3.63, 3.8) is 0 Å². The third kappa shape index (κ3) is 4.75. The lowest BCUT2D eigenvalue weighted by Gasteiger charge is -2.28. The number of nitrogens with zero attached hydrogens (tertiary/aromatic N) is 1. The first-order valence-electron chi connectivity index (χ1n) is 9.54. The van der Waals surface area contributed by atoms with Crippen molar-refractivity contribution < 1.29 is 19.0 Å².